The smallest absolute Gasteiger partial charge is 0.250 e. The number of hydrogen-bond acceptors (Lipinski definition) is 2. The molecule has 3 heteroatoms. The molecule has 88 valence electrons. The van der Waals surface area contributed by atoms with Crippen LogP contribution >= 0.6 is 0 Å². The van der Waals surface area contributed by atoms with Crippen molar-refractivity contribution in [2.24, 2.45) is 7.05 Å². The van der Waals surface area contributed by atoms with Crippen LogP contribution in [-0.4, -0.2) is 18.7 Å². The highest BCUT2D eigenvalue weighted by Gasteiger charge is 2.01. The van der Waals surface area contributed by atoms with Gasteiger partial charge in [-0.05, 0) is 29.3 Å². The number of pyridine rings is 1. The SMILES string of the molecule is CN(C)c1cccc(-c2ccn(C)c(=O)c2)c1. The van der Waals surface area contributed by atoms with E-state index in [1.54, 1.807) is 23.9 Å². The van der Waals surface area contributed by atoms with Gasteiger partial charge in [0.1, 0.15) is 0 Å². The molecule has 0 radical (unpaired) electrons. The molecule has 17 heavy (non-hydrogen) atoms. The fraction of sp³-hybridized carbons (Fsp3) is 0.214. The van der Waals surface area contributed by atoms with Gasteiger partial charge in [-0.15, -0.1) is 0 Å². The first-order valence-corrected chi connectivity index (χ1v) is 5.52. The number of rotatable bonds is 2. The molecule has 1 heterocycles. The van der Waals surface area contributed by atoms with E-state index in [-0.39, 0.29) is 5.56 Å². The minimum absolute atomic E-state index is 0.0118. The van der Waals surface area contributed by atoms with Gasteiger partial charge in [0.15, 0.2) is 0 Å². The van der Waals surface area contributed by atoms with Crippen molar-refractivity contribution in [3.63, 3.8) is 0 Å². The lowest BCUT2D eigenvalue weighted by Crippen LogP contribution is -2.14. The summed E-state index contributed by atoms with van der Waals surface area (Å²) in [6.45, 7) is 0. The Balaban J connectivity index is 2.49. The van der Waals surface area contributed by atoms with Crippen LogP contribution in [0.15, 0.2) is 47.4 Å². The Labute approximate surface area is 101 Å². The summed E-state index contributed by atoms with van der Waals surface area (Å²) in [5.41, 5.74) is 3.16. The molecular formula is C14H16N2O. The average molecular weight is 228 g/mol. The van der Waals surface area contributed by atoms with E-state index >= 15 is 0 Å². The van der Waals surface area contributed by atoms with Gasteiger partial charge in [0.05, 0.1) is 0 Å². The van der Waals surface area contributed by atoms with Crippen molar-refractivity contribution in [2.45, 2.75) is 0 Å². The van der Waals surface area contributed by atoms with Crippen molar-refractivity contribution < 1.29 is 0 Å². The average Bonchev–Trinajstić information content (AvgIpc) is 2.33. The molecule has 2 aromatic rings. The Hall–Kier alpha value is -2.03. The van der Waals surface area contributed by atoms with Crippen molar-refractivity contribution >= 4 is 5.69 Å². The zero-order valence-corrected chi connectivity index (χ0v) is 10.3. The lowest BCUT2D eigenvalue weighted by molar-refractivity contribution is 0.861. The van der Waals surface area contributed by atoms with Crippen LogP contribution in [0.25, 0.3) is 11.1 Å². The molecule has 0 fully saturated rings. The number of aromatic nitrogens is 1. The van der Waals surface area contributed by atoms with Crippen LogP contribution < -0.4 is 10.5 Å². The molecule has 0 saturated carbocycles. The van der Waals surface area contributed by atoms with Crippen LogP contribution in [0, 0.1) is 0 Å². The Morgan fingerprint density at radius 1 is 1.06 bits per heavy atom. The van der Waals surface area contributed by atoms with Crippen molar-refractivity contribution in [1.82, 2.24) is 4.57 Å². The van der Waals surface area contributed by atoms with Crippen LogP contribution in [0.2, 0.25) is 0 Å². The Morgan fingerprint density at radius 3 is 2.41 bits per heavy atom. The van der Waals surface area contributed by atoms with E-state index in [4.69, 9.17) is 0 Å². The molecule has 1 aromatic heterocycles. The second kappa shape index (κ2) is 4.45. The maximum Gasteiger partial charge on any atom is 0.250 e. The summed E-state index contributed by atoms with van der Waals surface area (Å²) < 4.78 is 1.57. The first-order valence-electron chi connectivity index (χ1n) is 5.52. The van der Waals surface area contributed by atoms with Gasteiger partial charge in [-0.1, -0.05) is 12.1 Å². The Morgan fingerprint density at radius 2 is 1.76 bits per heavy atom. The van der Waals surface area contributed by atoms with Crippen molar-refractivity contribution in [3.8, 4) is 11.1 Å². The van der Waals surface area contributed by atoms with Gasteiger partial charge in [0.25, 0.3) is 5.56 Å². The van der Waals surface area contributed by atoms with Gasteiger partial charge >= 0.3 is 0 Å². The quantitative estimate of drug-likeness (QED) is 0.786. The molecule has 2 rings (SSSR count). The maximum atomic E-state index is 11.6. The summed E-state index contributed by atoms with van der Waals surface area (Å²) >= 11 is 0. The second-order valence-electron chi connectivity index (χ2n) is 4.31. The van der Waals surface area contributed by atoms with E-state index in [0.717, 1.165) is 16.8 Å². The van der Waals surface area contributed by atoms with Gasteiger partial charge in [-0.3, -0.25) is 4.79 Å². The predicted octanol–water partition coefficient (Wildman–Crippen LogP) is 2.12. The van der Waals surface area contributed by atoms with E-state index in [1.807, 2.05) is 43.3 Å². The zero-order valence-electron chi connectivity index (χ0n) is 10.3. The summed E-state index contributed by atoms with van der Waals surface area (Å²) in [5.74, 6) is 0. The second-order valence-corrected chi connectivity index (χ2v) is 4.31. The molecule has 0 aliphatic heterocycles. The van der Waals surface area contributed by atoms with E-state index in [2.05, 4.69) is 6.07 Å². The molecule has 0 spiro atoms. The zero-order chi connectivity index (χ0) is 12.4. The van der Waals surface area contributed by atoms with E-state index in [9.17, 15) is 4.79 Å². The van der Waals surface area contributed by atoms with Crippen molar-refractivity contribution in [1.29, 1.82) is 0 Å². The summed E-state index contributed by atoms with van der Waals surface area (Å²) in [7, 11) is 5.76. The Kier molecular flexibility index (Phi) is 3.00. The van der Waals surface area contributed by atoms with Crippen LogP contribution in [-0.2, 0) is 7.05 Å². The molecule has 0 saturated heterocycles. The molecular weight excluding hydrogens is 212 g/mol. The fourth-order valence-electron chi connectivity index (χ4n) is 1.69. The van der Waals surface area contributed by atoms with Gasteiger partial charge in [0, 0.05) is 39.1 Å². The minimum atomic E-state index is 0.0118. The monoisotopic (exact) mass is 228 g/mol. The topological polar surface area (TPSA) is 25.2 Å². The van der Waals surface area contributed by atoms with Crippen molar-refractivity contribution in [3.05, 3.63) is 52.9 Å². The molecule has 1 aromatic carbocycles. The highest BCUT2D eigenvalue weighted by Crippen LogP contribution is 2.22. The van der Waals surface area contributed by atoms with Crippen molar-refractivity contribution in [2.75, 3.05) is 19.0 Å². The standard InChI is InChI=1S/C14H16N2O/c1-15(2)13-6-4-5-11(9-13)12-7-8-16(3)14(17)10-12/h4-10H,1-3H3. The Bertz CT molecular complexity index is 585. The molecule has 0 amide bonds. The number of nitrogens with zero attached hydrogens (tertiary/aromatic N) is 2. The van der Waals surface area contributed by atoms with Crippen LogP contribution in [0.3, 0.4) is 0 Å². The lowest BCUT2D eigenvalue weighted by atomic mass is 10.1. The minimum Gasteiger partial charge on any atom is -0.378 e. The van der Waals surface area contributed by atoms with Gasteiger partial charge < -0.3 is 9.47 Å². The largest absolute Gasteiger partial charge is 0.378 e. The number of benzene rings is 1. The number of anilines is 1. The lowest BCUT2D eigenvalue weighted by Gasteiger charge is -2.13. The van der Waals surface area contributed by atoms with Crippen LogP contribution in [0.1, 0.15) is 0 Å². The number of hydrogen-bond donors (Lipinski definition) is 0. The summed E-state index contributed by atoms with van der Waals surface area (Å²) in [4.78, 5) is 13.6. The van der Waals surface area contributed by atoms with Gasteiger partial charge in [-0.25, -0.2) is 0 Å². The first-order chi connectivity index (χ1) is 8.08. The molecule has 0 aliphatic rings. The molecule has 0 bridgehead atoms. The summed E-state index contributed by atoms with van der Waals surface area (Å²) in [6.07, 6.45) is 1.79. The predicted molar refractivity (Wildman–Crippen MR) is 71.4 cm³/mol. The van der Waals surface area contributed by atoms with E-state index in [1.165, 1.54) is 0 Å². The highest BCUT2D eigenvalue weighted by atomic mass is 16.1. The first kappa shape index (κ1) is 11.5. The molecule has 3 nitrogen and oxygen atoms in total. The molecule has 0 aliphatic carbocycles. The van der Waals surface area contributed by atoms with E-state index < -0.39 is 0 Å². The maximum absolute atomic E-state index is 11.6. The third-order valence-corrected chi connectivity index (χ3v) is 2.80. The van der Waals surface area contributed by atoms with Crippen LogP contribution in [0.5, 0.6) is 0 Å². The van der Waals surface area contributed by atoms with Crippen LogP contribution in [0.4, 0.5) is 5.69 Å². The van der Waals surface area contributed by atoms with Gasteiger partial charge in [0.2, 0.25) is 0 Å². The third-order valence-electron chi connectivity index (χ3n) is 2.80. The number of aryl methyl sites for hydroxylation is 1. The summed E-state index contributed by atoms with van der Waals surface area (Å²) in [6, 6.07) is 11.8. The molecule has 0 N–H and O–H groups in total. The molecule has 0 unspecified atom stereocenters. The van der Waals surface area contributed by atoms with Gasteiger partial charge in [-0.2, -0.15) is 0 Å². The highest BCUT2D eigenvalue weighted by molar-refractivity contribution is 5.67. The third kappa shape index (κ3) is 2.38. The summed E-state index contributed by atoms with van der Waals surface area (Å²) in [5, 5.41) is 0. The molecule has 0 atom stereocenters. The fourth-order valence-corrected chi connectivity index (χ4v) is 1.69. The van der Waals surface area contributed by atoms with E-state index in [0.29, 0.717) is 0 Å². The normalized spacial score (nSPS) is 10.3.